The van der Waals surface area contributed by atoms with Crippen LogP contribution in [0.3, 0.4) is 0 Å². The second kappa shape index (κ2) is 7.41. The number of hydrogen-bond donors (Lipinski definition) is 0. The fourth-order valence-electron chi connectivity index (χ4n) is 1.66. The molecule has 1 aromatic rings. The largest absolute Gasteiger partial charge is 0.486 e. The van der Waals surface area contributed by atoms with Crippen LogP contribution in [-0.4, -0.2) is 26.5 Å². The van der Waals surface area contributed by atoms with Gasteiger partial charge in [0.1, 0.15) is 0 Å². The lowest BCUT2D eigenvalue weighted by molar-refractivity contribution is -0.386. The van der Waals surface area contributed by atoms with Gasteiger partial charge >= 0.3 is 5.69 Å². The van der Waals surface area contributed by atoms with Gasteiger partial charge in [-0.05, 0) is 24.2 Å². The zero-order chi connectivity index (χ0) is 18.8. The highest BCUT2D eigenvalue weighted by atomic mass is 35.5. The molecular weight excluding hydrogens is 346 g/mol. The minimum absolute atomic E-state index is 0.0829. The lowest BCUT2D eigenvalue weighted by Crippen LogP contribution is -2.44. The highest BCUT2D eigenvalue weighted by Crippen LogP contribution is 2.38. The number of nitro benzene ring substituents is 1. The average molecular weight is 374 g/mol. The molecule has 1 aromatic carbocycles. The predicted octanol–water partition coefficient (Wildman–Crippen LogP) is 5.68. The Morgan fingerprint density at radius 1 is 1.17 bits per heavy atom. The quantitative estimate of drug-likeness (QED) is 0.350. The summed E-state index contributed by atoms with van der Waals surface area (Å²) in [6, 6.07) is 4.32. The second-order valence-corrected chi connectivity index (χ2v) is 13.6. The van der Waals surface area contributed by atoms with E-state index < -0.39 is 13.2 Å². The number of nitrogens with zero attached hydrogens (tertiary/aromatic N) is 1. The minimum Gasteiger partial charge on any atom is -0.486 e. The van der Waals surface area contributed by atoms with Crippen LogP contribution in [0.5, 0.6) is 5.75 Å². The molecule has 0 aliphatic rings. The normalized spacial score (nSPS) is 13.0. The van der Waals surface area contributed by atoms with Crippen molar-refractivity contribution in [3.63, 3.8) is 0 Å². The van der Waals surface area contributed by atoms with Crippen molar-refractivity contribution < 1.29 is 14.1 Å². The Balaban J connectivity index is 2.76. The van der Waals surface area contributed by atoms with Crippen LogP contribution in [0.1, 0.15) is 34.6 Å². The van der Waals surface area contributed by atoms with Gasteiger partial charge in [0.2, 0.25) is 0 Å². The van der Waals surface area contributed by atoms with Gasteiger partial charge in [-0.15, -0.1) is 0 Å². The maximum Gasteiger partial charge on any atom is 0.311 e. The molecule has 5 nitrogen and oxygen atoms in total. The molecule has 0 spiro atoms. The van der Waals surface area contributed by atoms with Crippen LogP contribution in [0.25, 0.3) is 0 Å². The van der Waals surface area contributed by atoms with E-state index in [4.69, 9.17) is 20.8 Å². The maximum absolute atomic E-state index is 11.1. The van der Waals surface area contributed by atoms with Crippen molar-refractivity contribution in [2.24, 2.45) is 5.41 Å². The number of hydrogen-bond acceptors (Lipinski definition) is 4. The summed E-state index contributed by atoms with van der Waals surface area (Å²) in [6.07, 6.45) is 0. The summed E-state index contributed by atoms with van der Waals surface area (Å²) in [5.41, 5.74) is -0.355. The summed E-state index contributed by atoms with van der Waals surface area (Å²) in [4.78, 5) is 10.6. The molecule has 0 aliphatic heterocycles. The van der Waals surface area contributed by atoms with Crippen molar-refractivity contribution in [1.82, 2.24) is 0 Å². The molecule has 0 amide bonds. The van der Waals surface area contributed by atoms with Crippen molar-refractivity contribution in [3.05, 3.63) is 33.3 Å². The summed E-state index contributed by atoms with van der Waals surface area (Å²) < 4.78 is 12.0. The Bertz CT molecular complexity index is 597. The molecule has 0 radical (unpaired) electrons. The predicted molar refractivity (Wildman–Crippen MR) is 101 cm³/mol. The number of ether oxygens (including phenoxy) is 1. The maximum atomic E-state index is 11.1. The molecule has 0 saturated carbocycles. The van der Waals surface area contributed by atoms with E-state index in [1.807, 2.05) is 13.8 Å². The van der Waals surface area contributed by atoms with E-state index in [2.05, 4.69) is 33.9 Å². The Labute approximate surface area is 150 Å². The van der Waals surface area contributed by atoms with Crippen LogP contribution < -0.4 is 4.74 Å². The van der Waals surface area contributed by atoms with Crippen molar-refractivity contribution >= 4 is 25.6 Å². The fourth-order valence-corrected chi connectivity index (χ4v) is 3.01. The van der Waals surface area contributed by atoms with Gasteiger partial charge in [0, 0.05) is 29.2 Å². The van der Waals surface area contributed by atoms with E-state index >= 15 is 0 Å². The zero-order valence-electron chi connectivity index (χ0n) is 15.6. The molecule has 7 heteroatoms. The second-order valence-electron chi connectivity index (χ2n) is 8.37. The van der Waals surface area contributed by atoms with Crippen LogP contribution in [0.15, 0.2) is 18.2 Å². The smallest absolute Gasteiger partial charge is 0.311 e. The average Bonchev–Trinajstić information content (AvgIpc) is 2.42. The summed E-state index contributed by atoms with van der Waals surface area (Å²) in [5.74, 6) is 0.188. The molecular formula is C17H28ClNO4Si. The fraction of sp³-hybridized carbons (Fsp3) is 0.647. The molecule has 24 heavy (non-hydrogen) atoms. The Morgan fingerprint density at radius 2 is 1.75 bits per heavy atom. The molecule has 0 unspecified atom stereocenters. The van der Waals surface area contributed by atoms with Crippen molar-refractivity contribution in [1.29, 1.82) is 0 Å². The lowest BCUT2D eigenvalue weighted by atomic mass is 9.96. The molecule has 0 saturated heterocycles. The van der Waals surface area contributed by atoms with E-state index in [0.717, 1.165) is 0 Å². The summed E-state index contributed by atoms with van der Waals surface area (Å²) in [6.45, 7) is 15.9. The lowest BCUT2D eigenvalue weighted by Gasteiger charge is -2.38. The Morgan fingerprint density at radius 3 is 2.25 bits per heavy atom. The molecule has 136 valence electrons. The first-order valence-corrected chi connectivity index (χ1v) is 11.2. The van der Waals surface area contributed by atoms with Gasteiger partial charge in [-0.3, -0.25) is 10.1 Å². The highest BCUT2D eigenvalue weighted by molar-refractivity contribution is 6.74. The first-order chi connectivity index (χ1) is 10.8. The third-order valence-electron chi connectivity index (χ3n) is 4.37. The van der Waals surface area contributed by atoms with E-state index in [9.17, 15) is 10.1 Å². The van der Waals surface area contributed by atoms with Crippen LogP contribution in [-0.2, 0) is 4.43 Å². The molecule has 0 atom stereocenters. The minimum atomic E-state index is -1.85. The van der Waals surface area contributed by atoms with Crippen LogP contribution in [0.4, 0.5) is 5.69 Å². The third-order valence-corrected chi connectivity index (χ3v) is 9.08. The SMILES string of the molecule is CC(C)(COc1cc(Cl)ccc1[N+](=O)[O-])CO[Si](C)(C)C(C)(C)C. The third kappa shape index (κ3) is 5.75. The van der Waals surface area contributed by atoms with Crippen molar-refractivity contribution in [2.45, 2.75) is 52.8 Å². The molecule has 0 heterocycles. The summed E-state index contributed by atoms with van der Waals surface area (Å²) in [7, 11) is -1.85. The van der Waals surface area contributed by atoms with Gasteiger partial charge in [0.25, 0.3) is 0 Å². The summed E-state index contributed by atoms with van der Waals surface area (Å²) in [5, 5.41) is 11.6. The van der Waals surface area contributed by atoms with Crippen LogP contribution >= 0.6 is 11.6 Å². The van der Waals surface area contributed by atoms with Crippen LogP contribution in [0.2, 0.25) is 23.2 Å². The molecule has 0 N–H and O–H groups in total. The van der Waals surface area contributed by atoms with Gasteiger partial charge in [-0.2, -0.15) is 0 Å². The zero-order valence-corrected chi connectivity index (χ0v) is 17.4. The number of nitro groups is 1. The monoisotopic (exact) mass is 373 g/mol. The molecule has 0 aliphatic carbocycles. The highest BCUT2D eigenvalue weighted by Gasteiger charge is 2.38. The van der Waals surface area contributed by atoms with Gasteiger partial charge in [-0.25, -0.2) is 0 Å². The molecule has 0 fully saturated rings. The summed E-state index contributed by atoms with van der Waals surface area (Å²) >= 11 is 5.92. The Kier molecular flexibility index (Phi) is 6.47. The number of rotatable bonds is 7. The van der Waals surface area contributed by atoms with E-state index in [0.29, 0.717) is 18.2 Å². The van der Waals surface area contributed by atoms with Gasteiger partial charge in [-0.1, -0.05) is 46.2 Å². The van der Waals surface area contributed by atoms with Gasteiger partial charge < -0.3 is 9.16 Å². The molecule has 0 aromatic heterocycles. The van der Waals surface area contributed by atoms with Gasteiger partial charge in [0.15, 0.2) is 14.1 Å². The molecule has 1 rings (SSSR count). The van der Waals surface area contributed by atoms with Crippen molar-refractivity contribution in [2.75, 3.05) is 13.2 Å². The van der Waals surface area contributed by atoms with Crippen LogP contribution in [0, 0.1) is 15.5 Å². The van der Waals surface area contributed by atoms with Crippen molar-refractivity contribution in [3.8, 4) is 5.75 Å². The number of halogens is 1. The topological polar surface area (TPSA) is 61.6 Å². The van der Waals surface area contributed by atoms with E-state index in [1.54, 1.807) is 0 Å². The van der Waals surface area contributed by atoms with Gasteiger partial charge in [0.05, 0.1) is 11.5 Å². The standard InChI is InChI=1S/C17H28ClNO4Si/c1-16(2,3)24(6,7)23-12-17(4,5)11-22-15-10-13(18)8-9-14(15)19(20)21/h8-10H,11-12H2,1-7H3. The first-order valence-electron chi connectivity index (χ1n) is 7.96. The van der Waals surface area contributed by atoms with E-state index in [-0.39, 0.29) is 21.9 Å². The Hall–Kier alpha value is -1.11. The van der Waals surface area contributed by atoms with E-state index in [1.165, 1.54) is 18.2 Å². The number of benzene rings is 1. The molecule has 0 bridgehead atoms. The first kappa shape index (κ1) is 20.9.